The number of likely N-dealkylation sites (tertiary alicyclic amines) is 1. The van der Waals surface area contributed by atoms with Gasteiger partial charge < -0.3 is 14.5 Å². The number of rotatable bonds is 3. The van der Waals surface area contributed by atoms with Gasteiger partial charge in [-0.15, -0.1) is 0 Å². The molecule has 4 amide bonds. The van der Waals surface area contributed by atoms with Crippen LogP contribution in [0.25, 0.3) is 0 Å². The minimum atomic E-state index is -0.846. The molecule has 3 aliphatic heterocycles. The van der Waals surface area contributed by atoms with Crippen LogP contribution < -0.4 is 0 Å². The molecule has 1 aromatic carbocycles. The van der Waals surface area contributed by atoms with E-state index in [1.54, 1.807) is 11.9 Å². The van der Waals surface area contributed by atoms with Gasteiger partial charge in [0.05, 0.1) is 12.5 Å². The van der Waals surface area contributed by atoms with E-state index < -0.39 is 5.54 Å². The van der Waals surface area contributed by atoms with Crippen molar-refractivity contribution in [1.29, 1.82) is 0 Å². The van der Waals surface area contributed by atoms with E-state index in [2.05, 4.69) is 0 Å². The molecule has 3 aliphatic rings. The van der Waals surface area contributed by atoms with Crippen LogP contribution in [0.5, 0.6) is 0 Å². The monoisotopic (exact) mass is 385 g/mol. The second kappa shape index (κ2) is 7.54. The van der Waals surface area contributed by atoms with E-state index in [9.17, 15) is 14.4 Å². The number of amides is 4. The number of hydrogen-bond acceptors (Lipinski definition) is 4. The number of ether oxygens (including phenoxy) is 1. The predicted octanol–water partition coefficient (Wildman–Crippen LogP) is 1.87. The van der Waals surface area contributed by atoms with E-state index in [0.717, 1.165) is 25.0 Å². The Hall–Kier alpha value is -2.41. The molecule has 1 unspecified atom stereocenters. The molecule has 3 fully saturated rings. The summed E-state index contributed by atoms with van der Waals surface area (Å²) in [5.41, 5.74) is 0.151. The van der Waals surface area contributed by atoms with Crippen molar-refractivity contribution >= 4 is 17.8 Å². The molecule has 28 heavy (non-hydrogen) atoms. The van der Waals surface area contributed by atoms with E-state index in [1.807, 2.05) is 35.2 Å². The van der Waals surface area contributed by atoms with Crippen molar-refractivity contribution < 1.29 is 19.1 Å². The van der Waals surface area contributed by atoms with Crippen LogP contribution in [0.15, 0.2) is 30.3 Å². The highest BCUT2D eigenvalue weighted by Crippen LogP contribution is 2.38. The molecule has 0 bridgehead atoms. The van der Waals surface area contributed by atoms with E-state index >= 15 is 0 Å². The Bertz CT molecular complexity index is 752. The highest BCUT2D eigenvalue weighted by Gasteiger charge is 2.57. The molecule has 0 radical (unpaired) electrons. The van der Waals surface area contributed by atoms with Crippen LogP contribution in [0.2, 0.25) is 0 Å². The molecule has 7 nitrogen and oxygen atoms in total. The predicted molar refractivity (Wildman–Crippen MR) is 102 cm³/mol. The van der Waals surface area contributed by atoms with E-state index in [4.69, 9.17) is 4.74 Å². The van der Waals surface area contributed by atoms with E-state index in [-0.39, 0.29) is 23.8 Å². The lowest BCUT2D eigenvalue weighted by Gasteiger charge is -2.43. The summed E-state index contributed by atoms with van der Waals surface area (Å²) in [6.07, 6.45) is 2.74. The third-order valence-corrected chi connectivity index (χ3v) is 6.33. The average molecular weight is 385 g/mol. The van der Waals surface area contributed by atoms with Gasteiger partial charge in [0.15, 0.2) is 0 Å². The number of piperidine rings is 1. The highest BCUT2D eigenvalue weighted by molar-refractivity contribution is 6.06. The number of likely N-dealkylation sites (N-methyl/N-ethyl adjacent to an activating group) is 1. The van der Waals surface area contributed by atoms with Gasteiger partial charge in [-0.25, -0.2) is 4.79 Å². The topological polar surface area (TPSA) is 70.2 Å². The van der Waals surface area contributed by atoms with Crippen molar-refractivity contribution in [3.63, 3.8) is 0 Å². The maximum Gasteiger partial charge on any atom is 0.327 e. The van der Waals surface area contributed by atoms with Crippen molar-refractivity contribution in [3.05, 3.63) is 35.9 Å². The summed E-state index contributed by atoms with van der Waals surface area (Å²) >= 11 is 0. The lowest BCUT2D eigenvalue weighted by Crippen LogP contribution is -2.57. The smallest absolute Gasteiger partial charge is 0.327 e. The number of benzene rings is 1. The number of carbonyl (C=O) groups is 3. The van der Waals surface area contributed by atoms with Crippen molar-refractivity contribution in [2.75, 3.05) is 33.4 Å². The molecule has 0 aromatic heterocycles. The summed E-state index contributed by atoms with van der Waals surface area (Å²) in [5, 5.41) is 0. The molecule has 0 N–H and O–H groups in total. The van der Waals surface area contributed by atoms with Crippen LogP contribution in [0.4, 0.5) is 4.79 Å². The van der Waals surface area contributed by atoms with Gasteiger partial charge in [0.2, 0.25) is 5.91 Å². The summed E-state index contributed by atoms with van der Waals surface area (Å²) in [5.74, 6) is -0.109. The summed E-state index contributed by atoms with van der Waals surface area (Å²) in [7, 11) is 1.55. The van der Waals surface area contributed by atoms with Gasteiger partial charge in [0.1, 0.15) is 5.54 Å². The first-order valence-electron chi connectivity index (χ1n) is 10.0. The fourth-order valence-electron chi connectivity index (χ4n) is 4.64. The first-order chi connectivity index (χ1) is 13.5. The molecular formula is C21H27N3O4. The van der Waals surface area contributed by atoms with E-state index in [0.29, 0.717) is 39.1 Å². The van der Waals surface area contributed by atoms with Gasteiger partial charge in [0, 0.05) is 33.3 Å². The fraction of sp³-hybridized carbons (Fsp3) is 0.571. The van der Waals surface area contributed by atoms with Gasteiger partial charge in [0.25, 0.3) is 5.91 Å². The Morgan fingerprint density at radius 3 is 2.54 bits per heavy atom. The summed E-state index contributed by atoms with van der Waals surface area (Å²) in [6.45, 7) is 2.60. The number of carbonyl (C=O) groups excluding carboxylic acids is 3. The second-order valence-electron chi connectivity index (χ2n) is 7.99. The largest absolute Gasteiger partial charge is 0.381 e. The zero-order valence-corrected chi connectivity index (χ0v) is 16.3. The molecule has 0 aliphatic carbocycles. The Labute approximate surface area is 165 Å². The normalized spacial score (nSPS) is 24.9. The number of urea groups is 1. The maximum atomic E-state index is 13.0. The molecule has 4 rings (SSSR count). The number of hydrogen-bond donors (Lipinski definition) is 0. The molecule has 1 atom stereocenters. The summed E-state index contributed by atoms with van der Waals surface area (Å²) in [6, 6.07) is 9.47. The lowest BCUT2D eigenvalue weighted by atomic mass is 9.85. The maximum absolute atomic E-state index is 13.0. The zero-order chi connectivity index (χ0) is 19.7. The van der Waals surface area contributed by atoms with E-state index in [1.165, 1.54) is 4.90 Å². The number of imide groups is 1. The Morgan fingerprint density at radius 2 is 1.89 bits per heavy atom. The Morgan fingerprint density at radius 1 is 1.18 bits per heavy atom. The minimum Gasteiger partial charge on any atom is -0.381 e. The molecule has 3 heterocycles. The van der Waals surface area contributed by atoms with Gasteiger partial charge in [-0.1, -0.05) is 30.3 Å². The van der Waals surface area contributed by atoms with Crippen LogP contribution in [-0.4, -0.2) is 71.4 Å². The van der Waals surface area contributed by atoms with Crippen molar-refractivity contribution in [2.24, 2.45) is 5.92 Å². The standard InChI is InChI=1S/C21H27N3O4/c1-22-19(26)21(24(20(22)27)14-16-6-3-2-4-7-16)9-11-23(12-10-21)18(25)17-8-5-13-28-15-17/h2-4,6-7,17H,5,8-15H2,1H3. The molecule has 7 heteroatoms. The quantitative estimate of drug-likeness (QED) is 0.745. The lowest BCUT2D eigenvalue weighted by molar-refractivity contribution is -0.145. The van der Waals surface area contributed by atoms with Crippen molar-refractivity contribution in [3.8, 4) is 0 Å². The number of nitrogens with zero attached hydrogens (tertiary/aromatic N) is 3. The van der Waals surface area contributed by atoms with Gasteiger partial charge in [-0.2, -0.15) is 0 Å². The average Bonchev–Trinajstić information content (AvgIpc) is 2.91. The summed E-state index contributed by atoms with van der Waals surface area (Å²) in [4.78, 5) is 43.4. The zero-order valence-electron chi connectivity index (χ0n) is 16.3. The van der Waals surface area contributed by atoms with Gasteiger partial charge >= 0.3 is 6.03 Å². The summed E-state index contributed by atoms with van der Waals surface area (Å²) < 4.78 is 5.45. The highest BCUT2D eigenvalue weighted by atomic mass is 16.5. The van der Waals surface area contributed by atoms with Gasteiger partial charge in [-0.3, -0.25) is 14.5 Å². The first-order valence-corrected chi connectivity index (χ1v) is 10.0. The van der Waals surface area contributed by atoms with Gasteiger partial charge in [-0.05, 0) is 31.2 Å². The second-order valence-corrected chi connectivity index (χ2v) is 7.99. The Balaban J connectivity index is 1.50. The van der Waals surface area contributed by atoms with Crippen LogP contribution in [0.3, 0.4) is 0 Å². The third-order valence-electron chi connectivity index (χ3n) is 6.33. The van der Waals surface area contributed by atoms with Crippen LogP contribution in [0, 0.1) is 5.92 Å². The minimum absolute atomic E-state index is 0.0770. The fourth-order valence-corrected chi connectivity index (χ4v) is 4.64. The molecule has 150 valence electrons. The van der Waals surface area contributed by atoms with Crippen LogP contribution >= 0.6 is 0 Å². The Kier molecular flexibility index (Phi) is 5.10. The SMILES string of the molecule is CN1C(=O)N(Cc2ccccc2)C2(CCN(C(=O)C3CCCOC3)CC2)C1=O. The molecule has 1 spiro atoms. The van der Waals surface area contributed by atoms with Crippen molar-refractivity contribution in [2.45, 2.75) is 37.8 Å². The first kappa shape index (κ1) is 18.9. The molecule has 1 aromatic rings. The molecule has 0 saturated carbocycles. The third kappa shape index (κ3) is 3.17. The van der Waals surface area contributed by atoms with Crippen molar-refractivity contribution in [1.82, 2.24) is 14.7 Å². The van der Waals surface area contributed by atoms with Crippen LogP contribution in [0.1, 0.15) is 31.2 Å². The van der Waals surface area contributed by atoms with Crippen LogP contribution in [-0.2, 0) is 20.9 Å². The molecular weight excluding hydrogens is 358 g/mol. The molecule has 3 saturated heterocycles.